The molecule has 0 saturated carbocycles. The minimum absolute atomic E-state index is 0.230. The van der Waals surface area contributed by atoms with Crippen LogP contribution in [0.2, 0.25) is 0 Å². The molecule has 0 aromatic heterocycles. The Labute approximate surface area is 103 Å². The number of hydrogen-bond donors (Lipinski definition) is 1. The lowest BCUT2D eigenvalue weighted by Crippen LogP contribution is -2.32. The van der Waals surface area contributed by atoms with Gasteiger partial charge in [-0.05, 0) is 26.0 Å². The van der Waals surface area contributed by atoms with Gasteiger partial charge in [-0.2, -0.15) is 0 Å². The molecule has 0 radical (unpaired) electrons. The molecule has 0 amide bonds. The number of methoxy groups -OCH3 is 1. The van der Waals surface area contributed by atoms with Crippen molar-refractivity contribution in [2.75, 3.05) is 13.7 Å². The van der Waals surface area contributed by atoms with Gasteiger partial charge in [-0.25, -0.2) is 0 Å². The summed E-state index contributed by atoms with van der Waals surface area (Å²) < 4.78 is 11.3. The van der Waals surface area contributed by atoms with Crippen LogP contribution in [0.4, 0.5) is 0 Å². The van der Waals surface area contributed by atoms with E-state index in [0.29, 0.717) is 6.04 Å². The van der Waals surface area contributed by atoms with E-state index in [9.17, 15) is 0 Å². The molecule has 3 nitrogen and oxygen atoms in total. The van der Waals surface area contributed by atoms with E-state index in [0.717, 1.165) is 30.9 Å². The van der Waals surface area contributed by atoms with Crippen LogP contribution in [0.15, 0.2) is 18.2 Å². The summed E-state index contributed by atoms with van der Waals surface area (Å²) in [7, 11) is 1.69. The van der Waals surface area contributed by atoms with Crippen molar-refractivity contribution >= 4 is 0 Å². The molecule has 2 unspecified atom stereocenters. The van der Waals surface area contributed by atoms with Gasteiger partial charge in [-0.15, -0.1) is 0 Å². The highest BCUT2D eigenvalue weighted by atomic mass is 16.5. The maximum Gasteiger partial charge on any atom is 0.166 e. The maximum absolute atomic E-state index is 5.90. The summed E-state index contributed by atoms with van der Waals surface area (Å²) in [4.78, 5) is 0. The van der Waals surface area contributed by atoms with E-state index in [-0.39, 0.29) is 6.10 Å². The zero-order valence-corrected chi connectivity index (χ0v) is 10.8. The van der Waals surface area contributed by atoms with Crippen LogP contribution in [0.25, 0.3) is 0 Å². The highest BCUT2D eigenvalue weighted by Gasteiger charge is 2.27. The number of fused-ring (bicyclic) bond motifs is 1. The molecule has 17 heavy (non-hydrogen) atoms. The highest BCUT2D eigenvalue weighted by Crippen LogP contribution is 2.41. The van der Waals surface area contributed by atoms with Crippen LogP contribution in [0.1, 0.15) is 38.3 Å². The molecule has 0 spiro atoms. The molecule has 1 aromatic rings. The van der Waals surface area contributed by atoms with Crippen LogP contribution < -0.4 is 14.8 Å². The molecule has 94 valence electrons. The van der Waals surface area contributed by atoms with Crippen LogP contribution in [0.5, 0.6) is 11.5 Å². The van der Waals surface area contributed by atoms with Crippen molar-refractivity contribution in [2.45, 2.75) is 38.8 Å². The Kier molecular flexibility index (Phi) is 3.89. The molecule has 1 N–H and O–H groups in total. The van der Waals surface area contributed by atoms with Crippen molar-refractivity contribution < 1.29 is 9.47 Å². The highest BCUT2D eigenvalue weighted by molar-refractivity contribution is 5.49. The number of hydrogen-bond acceptors (Lipinski definition) is 3. The van der Waals surface area contributed by atoms with Gasteiger partial charge in [-0.1, -0.05) is 19.1 Å². The van der Waals surface area contributed by atoms with Crippen LogP contribution in [0.3, 0.4) is 0 Å². The number of nitrogens with one attached hydrogen (secondary N) is 1. The average molecular weight is 235 g/mol. The van der Waals surface area contributed by atoms with E-state index in [4.69, 9.17) is 9.47 Å². The second-order valence-electron chi connectivity index (χ2n) is 4.55. The number of rotatable bonds is 4. The summed E-state index contributed by atoms with van der Waals surface area (Å²) >= 11 is 0. The van der Waals surface area contributed by atoms with E-state index in [1.165, 1.54) is 5.56 Å². The van der Waals surface area contributed by atoms with Gasteiger partial charge in [-0.3, -0.25) is 0 Å². The fourth-order valence-corrected chi connectivity index (χ4v) is 2.31. The molecule has 2 atom stereocenters. The van der Waals surface area contributed by atoms with Crippen molar-refractivity contribution in [3.63, 3.8) is 0 Å². The van der Waals surface area contributed by atoms with Gasteiger partial charge in [0.15, 0.2) is 11.5 Å². The third-order valence-corrected chi connectivity index (χ3v) is 3.13. The van der Waals surface area contributed by atoms with E-state index in [2.05, 4.69) is 25.2 Å². The third-order valence-electron chi connectivity index (χ3n) is 3.13. The first-order valence-electron chi connectivity index (χ1n) is 6.33. The topological polar surface area (TPSA) is 30.5 Å². The van der Waals surface area contributed by atoms with Gasteiger partial charge in [0.05, 0.1) is 13.2 Å². The molecular weight excluding hydrogens is 214 g/mol. The largest absolute Gasteiger partial charge is 0.493 e. The van der Waals surface area contributed by atoms with Gasteiger partial charge >= 0.3 is 0 Å². The minimum atomic E-state index is 0.230. The Bertz CT molecular complexity index is 378. The molecule has 1 heterocycles. The lowest BCUT2D eigenvalue weighted by Gasteiger charge is -2.32. The fourth-order valence-electron chi connectivity index (χ4n) is 2.31. The summed E-state index contributed by atoms with van der Waals surface area (Å²) in [5.74, 6) is 1.74. The van der Waals surface area contributed by atoms with E-state index < -0.39 is 0 Å². The Hall–Kier alpha value is -1.22. The summed E-state index contributed by atoms with van der Waals surface area (Å²) in [6.07, 6.45) is 2.39. The van der Waals surface area contributed by atoms with Crippen molar-refractivity contribution in [3.05, 3.63) is 23.8 Å². The van der Waals surface area contributed by atoms with Crippen LogP contribution >= 0.6 is 0 Å². The maximum atomic E-state index is 5.90. The minimum Gasteiger partial charge on any atom is -0.493 e. The smallest absolute Gasteiger partial charge is 0.166 e. The van der Waals surface area contributed by atoms with Crippen LogP contribution in [-0.2, 0) is 0 Å². The Morgan fingerprint density at radius 1 is 1.47 bits per heavy atom. The van der Waals surface area contributed by atoms with Gasteiger partial charge < -0.3 is 14.8 Å². The molecule has 0 fully saturated rings. The van der Waals surface area contributed by atoms with Gasteiger partial charge in [0.25, 0.3) is 0 Å². The number of benzene rings is 1. The van der Waals surface area contributed by atoms with Crippen molar-refractivity contribution in [2.24, 2.45) is 0 Å². The summed E-state index contributed by atoms with van der Waals surface area (Å²) in [6, 6.07) is 6.48. The first-order chi connectivity index (χ1) is 8.26. The zero-order chi connectivity index (χ0) is 12.3. The Balaban J connectivity index is 2.29. The van der Waals surface area contributed by atoms with Gasteiger partial charge in [0.1, 0.15) is 0 Å². The molecule has 0 aliphatic carbocycles. The van der Waals surface area contributed by atoms with E-state index in [1.54, 1.807) is 7.11 Å². The second kappa shape index (κ2) is 5.41. The molecule has 0 bridgehead atoms. The van der Waals surface area contributed by atoms with Crippen LogP contribution in [0, 0.1) is 0 Å². The Morgan fingerprint density at radius 3 is 3.00 bits per heavy atom. The van der Waals surface area contributed by atoms with E-state index >= 15 is 0 Å². The van der Waals surface area contributed by atoms with Crippen LogP contribution in [-0.4, -0.2) is 19.8 Å². The summed E-state index contributed by atoms with van der Waals surface area (Å²) in [5.41, 5.74) is 1.22. The molecule has 0 saturated heterocycles. The molecule has 1 aliphatic rings. The summed E-state index contributed by atoms with van der Waals surface area (Å²) in [5, 5.41) is 3.57. The standard InChI is InChI=1S/C14H21NO2/c1-4-8-15-12-9-10(2)17-14-11(12)6-5-7-13(14)16-3/h5-7,10,12,15H,4,8-9H2,1-3H3. The summed E-state index contributed by atoms with van der Waals surface area (Å²) in [6.45, 7) is 5.33. The lowest BCUT2D eigenvalue weighted by atomic mass is 9.96. The average Bonchev–Trinajstić information content (AvgIpc) is 2.35. The van der Waals surface area contributed by atoms with E-state index in [1.807, 2.05) is 12.1 Å². The first kappa shape index (κ1) is 12.2. The fraction of sp³-hybridized carbons (Fsp3) is 0.571. The SMILES string of the molecule is CCCNC1CC(C)Oc2c(OC)cccc21. The molecule has 2 rings (SSSR count). The van der Waals surface area contributed by atoms with Gasteiger partial charge in [0, 0.05) is 18.0 Å². The molecule has 3 heteroatoms. The second-order valence-corrected chi connectivity index (χ2v) is 4.55. The quantitative estimate of drug-likeness (QED) is 0.870. The molecular formula is C14H21NO2. The predicted octanol–water partition coefficient (Wildman–Crippen LogP) is 2.91. The van der Waals surface area contributed by atoms with Crippen molar-refractivity contribution in [1.82, 2.24) is 5.32 Å². The Morgan fingerprint density at radius 2 is 2.29 bits per heavy atom. The molecule has 1 aromatic carbocycles. The monoisotopic (exact) mass is 235 g/mol. The normalized spacial score (nSPS) is 22.8. The predicted molar refractivity (Wildman–Crippen MR) is 68.7 cm³/mol. The number of para-hydroxylation sites is 1. The third kappa shape index (κ3) is 2.55. The molecule has 1 aliphatic heterocycles. The van der Waals surface area contributed by atoms with Gasteiger partial charge in [0.2, 0.25) is 0 Å². The zero-order valence-electron chi connectivity index (χ0n) is 10.8. The van der Waals surface area contributed by atoms with Crippen molar-refractivity contribution in [3.8, 4) is 11.5 Å². The number of ether oxygens (including phenoxy) is 2. The first-order valence-corrected chi connectivity index (χ1v) is 6.33. The van der Waals surface area contributed by atoms with Crippen molar-refractivity contribution in [1.29, 1.82) is 0 Å². The lowest BCUT2D eigenvalue weighted by molar-refractivity contribution is 0.159.